The predicted octanol–water partition coefficient (Wildman–Crippen LogP) is 2.33. The van der Waals surface area contributed by atoms with E-state index in [1.165, 1.54) is 4.88 Å². The molecule has 0 bridgehead atoms. The third kappa shape index (κ3) is 3.85. The number of thiophene rings is 1. The van der Waals surface area contributed by atoms with Gasteiger partial charge in [-0.05, 0) is 26.0 Å². The van der Waals surface area contributed by atoms with Crippen molar-refractivity contribution >= 4 is 11.3 Å². The first-order valence-electron chi connectivity index (χ1n) is 4.76. The third-order valence-electron chi connectivity index (χ3n) is 2.11. The van der Waals surface area contributed by atoms with Crippen LogP contribution >= 0.6 is 11.3 Å². The quantitative estimate of drug-likeness (QED) is 0.821. The molecule has 1 aromatic rings. The zero-order chi connectivity index (χ0) is 11.4. The van der Waals surface area contributed by atoms with Gasteiger partial charge in [0.05, 0.1) is 0 Å². The molecule has 1 heterocycles. The van der Waals surface area contributed by atoms with Crippen molar-refractivity contribution in [1.29, 1.82) is 0 Å². The molecule has 5 heteroatoms. The van der Waals surface area contributed by atoms with Crippen molar-refractivity contribution in [3.8, 4) is 0 Å². The number of alkyl halides is 2. The zero-order valence-electron chi connectivity index (χ0n) is 8.71. The second-order valence-corrected chi connectivity index (χ2v) is 4.80. The molecule has 2 N–H and O–H groups in total. The smallest absolute Gasteiger partial charge is 0.265 e. The van der Waals surface area contributed by atoms with Crippen LogP contribution in [0.3, 0.4) is 0 Å². The van der Waals surface area contributed by atoms with E-state index in [1.54, 1.807) is 11.3 Å². The summed E-state index contributed by atoms with van der Waals surface area (Å²) in [5.74, 6) is 0. The molecule has 0 saturated carbocycles. The summed E-state index contributed by atoms with van der Waals surface area (Å²) < 4.78 is 24.0. The number of aliphatic hydroxyl groups excluding tert-OH is 1. The van der Waals surface area contributed by atoms with Gasteiger partial charge in [-0.25, -0.2) is 8.78 Å². The minimum Gasteiger partial charge on any atom is -0.386 e. The molecule has 0 saturated heterocycles. The van der Waals surface area contributed by atoms with E-state index in [0.29, 0.717) is 0 Å². The summed E-state index contributed by atoms with van der Waals surface area (Å²) in [4.78, 5) is 2.28. The largest absolute Gasteiger partial charge is 0.386 e. The van der Waals surface area contributed by atoms with Crippen LogP contribution in [0.5, 0.6) is 0 Å². The van der Waals surface area contributed by atoms with E-state index in [4.69, 9.17) is 5.11 Å². The Morgan fingerprint density at radius 2 is 2.13 bits per heavy atom. The average molecular weight is 235 g/mol. The van der Waals surface area contributed by atoms with Crippen molar-refractivity contribution in [2.45, 2.75) is 32.4 Å². The summed E-state index contributed by atoms with van der Waals surface area (Å²) in [7, 11) is 0. The lowest BCUT2D eigenvalue weighted by Gasteiger charge is -2.15. The number of halogens is 2. The first-order chi connectivity index (χ1) is 7.00. The highest BCUT2D eigenvalue weighted by Gasteiger charge is 2.17. The number of hydrogen-bond acceptors (Lipinski definition) is 3. The number of nitrogens with one attached hydrogen (secondary N) is 1. The highest BCUT2D eigenvalue weighted by Crippen LogP contribution is 2.22. The molecular formula is C10H15F2NOS. The van der Waals surface area contributed by atoms with E-state index in [1.807, 2.05) is 26.0 Å². The summed E-state index contributed by atoms with van der Waals surface area (Å²) in [5, 5.41) is 11.8. The SMILES string of the molecule is Cc1ccc(C(C)NCC(O)C(F)F)s1. The Morgan fingerprint density at radius 3 is 2.60 bits per heavy atom. The maximum Gasteiger partial charge on any atom is 0.265 e. The minimum absolute atomic E-state index is 0.00269. The Labute approximate surface area is 91.9 Å². The molecule has 1 aromatic heterocycles. The topological polar surface area (TPSA) is 32.3 Å². The van der Waals surface area contributed by atoms with Gasteiger partial charge in [0.1, 0.15) is 6.10 Å². The van der Waals surface area contributed by atoms with Crippen LogP contribution in [0, 0.1) is 6.92 Å². The van der Waals surface area contributed by atoms with E-state index in [9.17, 15) is 8.78 Å². The highest BCUT2D eigenvalue weighted by molar-refractivity contribution is 7.12. The van der Waals surface area contributed by atoms with Gasteiger partial charge in [0.15, 0.2) is 0 Å². The molecule has 15 heavy (non-hydrogen) atoms. The first kappa shape index (κ1) is 12.5. The van der Waals surface area contributed by atoms with Gasteiger partial charge in [0.25, 0.3) is 6.43 Å². The Hall–Kier alpha value is -0.520. The Balaban J connectivity index is 2.39. The second kappa shape index (κ2) is 5.53. The van der Waals surface area contributed by atoms with Crippen molar-refractivity contribution in [2.75, 3.05) is 6.54 Å². The third-order valence-corrected chi connectivity index (χ3v) is 3.30. The van der Waals surface area contributed by atoms with E-state index >= 15 is 0 Å². The van der Waals surface area contributed by atoms with Crippen LogP contribution in [-0.4, -0.2) is 24.2 Å². The monoisotopic (exact) mass is 235 g/mol. The number of aryl methyl sites for hydroxylation is 1. The minimum atomic E-state index is -2.69. The standard InChI is InChI=1S/C10H15F2NOS/c1-6-3-4-9(15-6)7(2)13-5-8(14)10(11)12/h3-4,7-8,10,13-14H,5H2,1-2H3. The molecule has 2 unspecified atom stereocenters. The van der Waals surface area contributed by atoms with Crippen molar-refractivity contribution < 1.29 is 13.9 Å². The van der Waals surface area contributed by atoms with Crippen LogP contribution in [0.4, 0.5) is 8.78 Å². The van der Waals surface area contributed by atoms with Crippen molar-refractivity contribution in [2.24, 2.45) is 0 Å². The van der Waals surface area contributed by atoms with Gasteiger partial charge in [0, 0.05) is 22.3 Å². The van der Waals surface area contributed by atoms with E-state index in [-0.39, 0.29) is 12.6 Å². The molecule has 2 nitrogen and oxygen atoms in total. The number of rotatable bonds is 5. The fourth-order valence-corrected chi connectivity index (χ4v) is 2.08. The van der Waals surface area contributed by atoms with Crippen LogP contribution in [0.2, 0.25) is 0 Å². The molecule has 2 atom stereocenters. The lowest BCUT2D eigenvalue weighted by molar-refractivity contribution is -0.00434. The molecule has 0 aliphatic carbocycles. The normalized spacial score (nSPS) is 15.6. The van der Waals surface area contributed by atoms with Crippen molar-refractivity contribution in [3.63, 3.8) is 0 Å². The van der Waals surface area contributed by atoms with Crippen LogP contribution in [0.25, 0.3) is 0 Å². The van der Waals surface area contributed by atoms with E-state index in [0.717, 1.165) is 4.88 Å². The number of hydrogen-bond donors (Lipinski definition) is 2. The fourth-order valence-electron chi connectivity index (χ4n) is 1.17. The predicted molar refractivity (Wildman–Crippen MR) is 57.5 cm³/mol. The molecule has 0 spiro atoms. The molecule has 0 aromatic carbocycles. The Kier molecular flexibility index (Phi) is 4.63. The highest BCUT2D eigenvalue weighted by atomic mass is 32.1. The average Bonchev–Trinajstić information content (AvgIpc) is 2.60. The van der Waals surface area contributed by atoms with Crippen molar-refractivity contribution in [1.82, 2.24) is 5.32 Å². The maximum absolute atomic E-state index is 12.0. The summed E-state index contributed by atoms with van der Waals surface area (Å²) in [5.41, 5.74) is 0. The molecule has 0 aliphatic heterocycles. The first-order valence-corrected chi connectivity index (χ1v) is 5.58. The van der Waals surface area contributed by atoms with E-state index < -0.39 is 12.5 Å². The van der Waals surface area contributed by atoms with Crippen LogP contribution in [0.15, 0.2) is 12.1 Å². The van der Waals surface area contributed by atoms with Gasteiger partial charge >= 0.3 is 0 Å². The molecule has 1 rings (SSSR count). The lowest BCUT2D eigenvalue weighted by atomic mass is 10.2. The molecular weight excluding hydrogens is 220 g/mol. The van der Waals surface area contributed by atoms with Gasteiger partial charge in [0.2, 0.25) is 0 Å². The summed E-state index contributed by atoms with van der Waals surface area (Å²) in [6.07, 6.45) is -4.27. The van der Waals surface area contributed by atoms with Gasteiger partial charge < -0.3 is 10.4 Å². The molecule has 0 fully saturated rings. The van der Waals surface area contributed by atoms with Crippen LogP contribution in [-0.2, 0) is 0 Å². The summed E-state index contributed by atoms with van der Waals surface area (Å²) in [6, 6.07) is 3.95. The van der Waals surface area contributed by atoms with Gasteiger partial charge in [-0.15, -0.1) is 11.3 Å². The van der Waals surface area contributed by atoms with Crippen LogP contribution in [0.1, 0.15) is 22.7 Å². The lowest BCUT2D eigenvalue weighted by Crippen LogP contribution is -2.33. The molecule has 86 valence electrons. The summed E-state index contributed by atoms with van der Waals surface area (Å²) >= 11 is 1.62. The van der Waals surface area contributed by atoms with Crippen molar-refractivity contribution in [3.05, 3.63) is 21.9 Å². The fraction of sp³-hybridized carbons (Fsp3) is 0.600. The Morgan fingerprint density at radius 1 is 1.47 bits per heavy atom. The molecule has 0 aliphatic rings. The second-order valence-electron chi connectivity index (χ2n) is 3.48. The summed E-state index contributed by atoms with van der Waals surface area (Å²) in [6.45, 7) is 3.80. The molecule has 0 radical (unpaired) electrons. The van der Waals surface area contributed by atoms with Crippen LogP contribution < -0.4 is 5.32 Å². The molecule has 0 amide bonds. The van der Waals surface area contributed by atoms with E-state index in [2.05, 4.69) is 5.32 Å². The zero-order valence-corrected chi connectivity index (χ0v) is 9.52. The Bertz CT molecular complexity index is 303. The van der Waals surface area contributed by atoms with Gasteiger partial charge in [-0.3, -0.25) is 0 Å². The maximum atomic E-state index is 12.0. The van der Waals surface area contributed by atoms with Gasteiger partial charge in [-0.1, -0.05) is 0 Å². The number of aliphatic hydroxyl groups is 1. The van der Waals surface area contributed by atoms with Gasteiger partial charge in [-0.2, -0.15) is 0 Å².